The molecule has 0 N–H and O–H groups in total. The van der Waals surface area contributed by atoms with Crippen molar-refractivity contribution in [1.29, 1.82) is 5.26 Å². The maximum atomic E-state index is 12.2. The Morgan fingerprint density at radius 1 is 1.59 bits per heavy atom. The van der Waals surface area contributed by atoms with Gasteiger partial charge in [-0.05, 0) is 47.7 Å². The summed E-state index contributed by atoms with van der Waals surface area (Å²) in [6.45, 7) is 2.93. The molecule has 0 saturated carbocycles. The second kappa shape index (κ2) is 6.82. The summed E-state index contributed by atoms with van der Waals surface area (Å²) >= 11 is 8.00. The summed E-state index contributed by atoms with van der Waals surface area (Å²) in [5, 5.41) is 9.10. The Bertz CT molecular complexity index is 456. The highest BCUT2D eigenvalue weighted by Crippen LogP contribution is 2.19. The Kier molecular flexibility index (Phi) is 5.72. The van der Waals surface area contributed by atoms with Crippen LogP contribution in [0, 0.1) is 14.9 Å². The Labute approximate surface area is 120 Å². The smallest absolute Gasteiger partial charge is 0.255 e. The van der Waals surface area contributed by atoms with Crippen molar-refractivity contribution in [2.75, 3.05) is 13.1 Å². The standard InChI is InChI=1S/C12H12ClIN2O/c1-2-16(7-3-6-15)12(17)10-8-9(13)4-5-11(10)14/h4-5,8H,2-3,7H2,1H3. The van der Waals surface area contributed by atoms with Crippen LogP contribution in [0.15, 0.2) is 18.2 Å². The fraction of sp³-hybridized carbons (Fsp3) is 0.333. The predicted molar refractivity (Wildman–Crippen MR) is 76.0 cm³/mol. The molecular formula is C12H12ClIN2O. The zero-order valence-corrected chi connectivity index (χ0v) is 12.3. The first-order chi connectivity index (χ1) is 8.10. The lowest BCUT2D eigenvalue weighted by molar-refractivity contribution is 0.0767. The predicted octanol–water partition coefficient (Wildman–Crippen LogP) is 3.32. The molecule has 0 radical (unpaired) electrons. The molecule has 1 rings (SSSR count). The maximum absolute atomic E-state index is 12.2. The van der Waals surface area contributed by atoms with Gasteiger partial charge in [0.15, 0.2) is 0 Å². The molecule has 0 aliphatic heterocycles. The van der Waals surface area contributed by atoms with Gasteiger partial charge >= 0.3 is 0 Å². The van der Waals surface area contributed by atoms with E-state index in [1.165, 1.54) is 0 Å². The van der Waals surface area contributed by atoms with Gasteiger partial charge in [-0.15, -0.1) is 0 Å². The van der Waals surface area contributed by atoms with Crippen LogP contribution in [0.25, 0.3) is 0 Å². The number of rotatable bonds is 4. The van der Waals surface area contributed by atoms with Crippen LogP contribution in [-0.2, 0) is 0 Å². The highest BCUT2D eigenvalue weighted by Gasteiger charge is 2.16. The third kappa shape index (κ3) is 3.86. The highest BCUT2D eigenvalue weighted by molar-refractivity contribution is 14.1. The first-order valence-corrected chi connectivity index (χ1v) is 6.67. The lowest BCUT2D eigenvalue weighted by Crippen LogP contribution is -2.32. The zero-order valence-electron chi connectivity index (χ0n) is 9.41. The summed E-state index contributed by atoms with van der Waals surface area (Å²) in [6, 6.07) is 7.28. The lowest BCUT2D eigenvalue weighted by atomic mass is 10.2. The number of carbonyl (C=O) groups is 1. The van der Waals surface area contributed by atoms with Crippen molar-refractivity contribution in [2.24, 2.45) is 0 Å². The van der Waals surface area contributed by atoms with Crippen molar-refractivity contribution in [3.05, 3.63) is 32.4 Å². The van der Waals surface area contributed by atoms with Gasteiger partial charge in [-0.1, -0.05) is 11.6 Å². The average Bonchev–Trinajstić information content (AvgIpc) is 2.33. The molecule has 5 heteroatoms. The van der Waals surface area contributed by atoms with Crippen LogP contribution in [0.3, 0.4) is 0 Å². The number of hydrogen-bond acceptors (Lipinski definition) is 2. The van der Waals surface area contributed by atoms with Crippen LogP contribution in [0.1, 0.15) is 23.7 Å². The minimum Gasteiger partial charge on any atom is -0.338 e. The molecule has 0 fully saturated rings. The van der Waals surface area contributed by atoms with Crippen molar-refractivity contribution >= 4 is 40.1 Å². The first-order valence-electron chi connectivity index (χ1n) is 5.21. The van der Waals surface area contributed by atoms with E-state index in [1.807, 2.05) is 19.1 Å². The Morgan fingerprint density at radius 2 is 2.29 bits per heavy atom. The molecule has 1 aromatic carbocycles. The van der Waals surface area contributed by atoms with Crippen LogP contribution < -0.4 is 0 Å². The largest absolute Gasteiger partial charge is 0.338 e. The Hall–Kier alpha value is -0.800. The van der Waals surface area contributed by atoms with E-state index < -0.39 is 0 Å². The second-order valence-electron chi connectivity index (χ2n) is 3.42. The number of halogens is 2. The van der Waals surface area contributed by atoms with Gasteiger partial charge < -0.3 is 4.90 Å². The molecule has 0 aromatic heterocycles. The molecule has 0 bridgehead atoms. The molecular weight excluding hydrogens is 351 g/mol. The van der Waals surface area contributed by atoms with Crippen LogP contribution in [0.5, 0.6) is 0 Å². The van der Waals surface area contributed by atoms with E-state index in [0.29, 0.717) is 30.1 Å². The number of benzene rings is 1. The zero-order chi connectivity index (χ0) is 12.8. The molecule has 0 saturated heterocycles. The third-order valence-corrected chi connectivity index (χ3v) is 3.50. The second-order valence-corrected chi connectivity index (χ2v) is 5.02. The number of nitrogens with zero attached hydrogens (tertiary/aromatic N) is 2. The minimum absolute atomic E-state index is 0.0744. The molecule has 0 unspecified atom stereocenters. The number of hydrogen-bond donors (Lipinski definition) is 0. The SMILES string of the molecule is CCN(CCC#N)C(=O)c1cc(Cl)ccc1I. The van der Waals surface area contributed by atoms with Gasteiger partial charge in [0.1, 0.15) is 0 Å². The van der Waals surface area contributed by atoms with Crippen molar-refractivity contribution in [2.45, 2.75) is 13.3 Å². The van der Waals surface area contributed by atoms with Crippen molar-refractivity contribution in [3.8, 4) is 6.07 Å². The van der Waals surface area contributed by atoms with Crippen LogP contribution in [0.2, 0.25) is 5.02 Å². The summed E-state index contributed by atoms with van der Waals surface area (Å²) in [5.41, 5.74) is 0.595. The van der Waals surface area contributed by atoms with Gasteiger partial charge in [0, 0.05) is 21.7 Å². The van der Waals surface area contributed by atoms with Crippen LogP contribution in [0.4, 0.5) is 0 Å². The van der Waals surface area contributed by atoms with Gasteiger partial charge in [-0.3, -0.25) is 4.79 Å². The quantitative estimate of drug-likeness (QED) is 0.771. The third-order valence-electron chi connectivity index (χ3n) is 2.32. The van der Waals surface area contributed by atoms with E-state index >= 15 is 0 Å². The summed E-state index contributed by atoms with van der Waals surface area (Å²) in [7, 11) is 0. The molecule has 1 amide bonds. The van der Waals surface area contributed by atoms with E-state index in [0.717, 1.165) is 3.57 Å². The molecule has 0 aliphatic carbocycles. The normalized spacial score (nSPS) is 9.76. The molecule has 0 aliphatic rings. The first kappa shape index (κ1) is 14.3. The molecule has 3 nitrogen and oxygen atoms in total. The molecule has 0 spiro atoms. The monoisotopic (exact) mass is 362 g/mol. The minimum atomic E-state index is -0.0744. The fourth-order valence-electron chi connectivity index (χ4n) is 1.42. The fourth-order valence-corrected chi connectivity index (χ4v) is 2.16. The van der Waals surface area contributed by atoms with E-state index in [9.17, 15) is 4.79 Å². The average molecular weight is 363 g/mol. The molecule has 17 heavy (non-hydrogen) atoms. The summed E-state index contributed by atoms with van der Waals surface area (Å²) in [6.07, 6.45) is 0.344. The van der Waals surface area contributed by atoms with Gasteiger partial charge in [-0.25, -0.2) is 0 Å². The molecule has 0 atom stereocenters. The number of nitriles is 1. The molecule has 1 aromatic rings. The van der Waals surface area contributed by atoms with E-state index in [4.69, 9.17) is 16.9 Å². The van der Waals surface area contributed by atoms with Crippen molar-refractivity contribution in [1.82, 2.24) is 4.90 Å². The van der Waals surface area contributed by atoms with Gasteiger partial charge in [0.05, 0.1) is 18.1 Å². The van der Waals surface area contributed by atoms with Crippen LogP contribution >= 0.6 is 34.2 Å². The molecule has 90 valence electrons. The van der Waals surface area contributed by atoms with Gasteiger partial charge in [-0.2, -0.15) is 5.26 Å². The van der Waals surface area contributed by atoms with Crippen molar-refractivity contribution in [3.63, 3.8) is 0 Å². The number of amides is 1. The maximum Gasteiger partial charge on any atom is 0.255 e. The summed E-state index contributed by atoms with van der Waals surface area (Å²) in [5.74, 6) is -0.0744. The van der Waals surface area contributed by atoms with E-state index in [1.54, 1.807) is 17.0 Å². The van der Waals surface area contributed by atoms with E-state index in [2.05, 4.69) is 22.6 Å². The van der Waals surface area contributed by atoms with Gasteiger partial charge in [0.25, 0.3) is 5.91 Å². The van der Waals surface area contributed by atoms with Gasteiger partial charge in [0.2, 0.25) is 0 Å². The highest BCUT2D eigenvalue weighted by atomic mass is 127. The van der Waals surface area contributed by atoms with Crippen molar-refractivity contribution < 1.29 is 4.79 Å². The Balaban J connectivity index is 2.94. The van der Waals surface area contributed by atoms with Crippen LogP contribution in [-0.4, -0.2) is 23.9 Å². The summed E-state index contributed by atoms with van der Waals surface area (Å²) in [4.78, 5) is 13.9. The number of carbonyl (C=O) groups excluding carboxylic acids is 1. The topological polar surface area (TPSA) is 44.1 Å². The Morgan fingerprint density at radius 3 is 2.88 bits per heavy atom. The summed E-state index contributed by atoms with van der Waals surface area (Å²) < 4.78 is 0.868. The lowest BCUT2D eigenvalue weighted by Gasteiger charge is -2.20. The molecule has 0 heterocycles. The van der Waals surface area contributed by atoms with E-state index in [-0.39, 0.29) is 5.91 Å².